The fourth-order valence-corrected chi connectivity index (χ4v) is 5.34. The molecular formula is C24H34O7S2. The lowest BCUT2D eigenvalue weighted by Gasteiger charge is -2.16. The van der Waals surface area contributed by atoms with Crippen molar-refractivity contribution >= 4 is 20.2 Å². The number of ether oxygens (including phenoxy) is 1. The van der Waals surface area contributed by atoms with E-state index in [9.17, 15) is 25.9 Å². The molecule has 0 saturated carbocycles. The molecule has 2 rings (SSSR count). The first-order valence-electron chi connectivity index (χ1n) is 11.5. The van der Waals surface area contributed by atoms with Crippen molar-refractivity contribution in [2.75, 3.05) is 0 Å². The largest absolute Gasteiger partial charge is 0.454 e. The Hall–Kier alpha value is -1.94. The summed E-state index contributed by atoms with van der Waals surface area (Å²) in [6.45, 7) is 2.19. The minimum atomic E-state index is -4.83. The summed E-state index contributed by atoms with van der Waals surface area (Å²) >= 11 is 0. The molecule has 0 atom stereocenters. The highest BCUT2D eigenvalue weighted by Crippen LogP contribution is 2.38. The third-order valence-corrected chi connectivity index (χ3v) is 7.30. The Kier molecular flexibility index (Phi) is 10.8. The molecule has 0 amide bonds. The van der Waals surface area contributed by atoms with Crippen molar-refractivity contribution in [3.8, 4) is 11.5 Å². The standard InChI is InChI=1S/C24H34O7S2/c1-2-3-4-5-6-7-8-9-10-12-15-20-18-19-22(32(25,26)27)23(24(20)33(28,29)30)31-21-16-13-11-14-17-21/h11,13-14,16-19H,2-10,12,15H2,1H3,(H,25,26,27)(H,28,29,30). The summed E-state index contributed by atoms with van der Waals surface area (Å²) in [6.07, 6.45) is 11.5. The second kappa shape index (κ2) is 13.1. The van der Waals surface area contributed by atoms with Crippen molar-refractivity contribution in [2.24, 2.45) is 0 Å². The lowest BCUT2D eigenvalue weighted by molar-refractivity contribution is 0.428. The molecule has 2 aromatic rings. The van der Waals surface area contributed by atoms with E-state index in [1.807, 2.05) is 0 Å². The molecule has 7 nitrogen and oxygen atoms in total. The van der Waals surface area contributed by atoms with E-state index in [1.54, 1.807) is 18.2 Å². The van der Waals surface area contributed by atoms with Crippen LogP contribution in [0.25, 0.3) is 0 Å². The fraction of sp³-hybridized carbons (Fsp3) is 0.500. The highest BCUT2D eigenvalue weighted by molar-refractivity contribution is 7.87. The minimum absolute atomic E-state index is 0.170. The maximum Gasteiger partial charge on any atom is 0.298 e. The topological polar surface area (TPSA) is 118 Å². The molecule has 0 fully saturated rings. The van der Waals surface area contributed by atoms with Gasteiger partial charge in [-0.05, 0) is 36.6 Å². The Morgan fingerprint density at radius 2 is 1.24 bits per heavy atom. The van der Waals surface area contributed by atoms with Crippen LogP contribution < -0.4 is 4.74 Å². The lowest BCUT2D eigenvalue weighted by atomic mass is 10.0. The van der Waals surface area contributed by atoms with Crippen molar-refractivity contribution in [1.82, 2.24) is 0 Å². The van der Waals surface area contributed by atoms with Gasteiger partial charge < -0.3 is 4.74 Å². The van der Waals surface area contributed by atoms with Gasteiger partial charge in [-0.1, -0.05) is 89.0 Å². The van der Waals surface area contributed by atoms with Crippen molar-refractivity contribution in [1.29, 1.82) is 0 Å². The van der Waals surface area contributed by atoms with Crippen LogP contribution in [0.2, 0.25) is 0 Å². The quantitative estimate of drug-likeness (QED) is 0.214. The summed E-state index contributed by atoms with van der Waals surface area (Å²) in [4.78, 5) is -1.34. The fourth-order valence-electron chi connectivity index (χ4n) is 3.77. The Balaban J connectivity index is 2.14. The van der Waals surface area contributed by atoms with Crippen LogP contribution in [-0.2, 0) is 26.7 Å². The van der Waals surface area contributed by atoms with Gasteiger partial charge in [-0.15, -0.1) is 0 Å². The highest BCUT2D eigenvalue weighted by atomic mass is 32.2. The summed E-state index contributed by atoms with van der Waals surface area (Å²) in [6, 6.07) is 10.4. The van der Waals surface area contributed by atoms with E-state index < -0.39 is 35.8 Å². The van der Waals surface area contributed by atoms with Crippen molar-refractivity contribution in [3.63, 3.8) is 0 Å². The summed E-state index contributed by atoms with van der Waals surface area (Å²) in [5, 5.41) is 0. The van der Waals surface area contributed by atoms with Crippen LogP contribution in [0.5, 0.6) is 11.5 Å². The molecule has 184 valence electrons. The number of rotatable bonds is 15. The van der Waals surface area contributed by atoms with Gasteiger partial charge in [-0.2, -0.15) is 16.8 Å². The van der Waals surface area contributed by atoms with Gasteiger partial charge >= 0.3 is 0 Å². The normalized spacial score (nSPS) is 12.1. The van der Waals surface area contributed by atoms with E-state index in [1.165, 1.54) is 56.7 Å². The monoisotopic (exact) mass is 498 g/mol. The number of aryl methyl sites for hydroxylation is 1. The second-order valence-electron chi connectivity index (χ2n) is 8.18. The molecule has 0 unspecified atom stereocenters. The first kappa shape index (κ1) is 27.3. The predicted molar refractivity (Wildman–Crippen MR) is 128 cm³/mol. The first-order valence-corrected chi connectivity index (χ1v) is 14.4. The van der Waals surface area contributed by atoms with Gasteiger partial charge in [-0.25, -0.2) is 0 Å². The maximum atomic E-state index is 12.2. The van der Waals surface area contributed by atoms with Gasteiger partial charge in [0.05, 0.1) is 0 Å². The van der Waals surface area contributed by atoms with Gasteiger partial charge in [0.15, 0.2) is 5.75 Å². The Morgan fingerprint density at radius 3 is 1.76 bits per heavy atom. The highest BCUT2D eigenvalue weighted by Gasteiger charge is 2.29. The van der Waals surface area contributed by atoms with Crippen LogP contribution in [0.3, 0.4) is 0 Å². The van der Waals surface area contributed by atoms with Crippen molar-refractivity contribution < 1.29 is 30.7 Å². The van der Waals surface area contributed by atoms with Crippen LogP contribution >= 0.6 is 0 Å². The zero-order valence-electron chi connectivity index (χ0n) is 19.1. The molecule has 0 bridgehead atoms. The molecule has 0 saturated heterocycles. The Bertz CT molecular complexity index is 1080. The van der Waals surface area contributed by atoms with Gasteiger partial charge in [-0.3, -0.25) is 9.11 Å². The first-order chi connectivity index (χ1) is 15.6. The van der Waals surface area contributed by atoms with E-state index in [2.05, 4.69) is 6.92 Å². The van der Waals surface area contributed by atoms with Crippen LogP contribution in [0.4, 0.5) is 0 Å². The number of benzene rings is 2. The molecule has 0 aromatic heterocycles. The summed E-state index contributed by atoms with van der Waals surface area (Å²) < 4.78 is 73.3. The van der Waals surface area contributed by atoms with E-state index in [-0.39, 0.29) is 11.3 Å². The van der Waals surface area contributed by atoms with Crippen LogP contribution in [0, 0.1) is 0 Å². The van der Waals surface area contributed by atoms with Crippen molar-refractivity contribution in [3.05, 3.63) is 48.0 Å². The molecule has 0 aliphatic rings. The predicted octanol–water partition coefficient (Wildman–Crippen LogP) is 6.44. The van der Waals surface area contributed by atoms with E-state index in [4.69, 9.17) is 4.74 Å². The Morgan fingerprint density at radius 1 is 0.697 bits per heavy atom. The van der Waals surface area contributed by atoms with Gasteiger partial charge in [0.1, 0.15) is 15.5 Å². The van der Waals surface area contributed by atoms with Gasteiger partial charge in [0.2, 0.25) is 0 Å². The lowest BCUT2D eigenvalue weighted by Crippen LogP contribution is -2.10. The van der Waals surface area contributed by atoms with Gasteiger partial charge in [0, 0.05) is 0 Å². The molecule has 9 heteroatoms. The van der Waals surface area contributed by atoms with Crippen LogP contribution in [-0.4, -0.2) is 25.9 Å². The number of unbranched alkanes of at least 4 members (excludes halogenated alkanes) is 9. The number of para-hydroxylation sites is 1. The molecule has 33 heavy (non-hydrogen) atoms. The number of hydrogen-bond acceptors (Lipinski definition) is 5. The number of hydrogen-bond donors (Lipinski definition) is 2. The van der Waals surface area contributed by atoms with Crippen molar-refractivity contribution in [2.45, 2.75) is 87.3 Å². The molecule has 2 N–H and O–H groups in total. The molecular weight excluding hydrogens is 464 g/mol. The maximum absolute atomic E-state index is 12.2. The third kappa shape index (κ3) is 9.08. The SMILES string of the molecule is CCCCCCCCCCCCc1ccc(S(=O)(=O)O)c(Oc2ccccc2)c1S(=O)(=O)O. The van der Waals surface area contributed by atoms with E-state index in [0.29, 0.717) is 12.8 Å². The summed E-state index contributed by atoms with van der Waals surface area (Å²) in [5.41, 5.74) is 0.246. The zero-order chi connectivity index (χ0) is 24.3. The third-order valence-electron chi connectivity index (χ3n) is 5.46. The molecule has 0 aliphatic heterocycles. The van der Waals surface area contributed by atoms with E-state index >= 15 is 0 Å². The van der Waals surface area contributed by atoms with E-state index in [0.717, 1.165) is 25.3 Å². The molecule has 2 aromatic carbocycles. The zero-order valence-corrected chi connectivity index (χ0v) is 20.7. The Labute approximate surface area is 197 Å². The molecule has 0 spiro atoms. The average Bonchev–Trinajstić information content (AvgIpc) is 2.74. The average molecular weight is 499 g/mol. The molecule has 0 aliphatic carbocycles. The van der Waals surface area contributed by atoms with Crippen LogP contribution in [0.1, 0.15) is 76.7 Å². The second-order valence-corrected chi connectivity index (χ2v) is 10.9. The summed E-state index contributed by atoms with van der Waals surface area (Å²) in [5.74, 6) is -0.431. The molecule has 0 heterocycles. The summed E-state index contributed by atoms with van der Waals surface area (Å²) in [7, 11) is -9.63. The van der Waals surface area contributed by atoms with Gasteiger partial charge in [0.25, 0.3) is 20.2 Å². The van der Waals surface area contributed by atoms with Crippen LogP contribution in [0.15, 0.2) is 52.3 Å². The minimum Gasteiger partial charge on any atom is -0.454 e. The molecule has 0 radical (unpaired) electrons. The smallest absolute Gasteiger partial charge is 0.298 e.